The third kappa shape index (κ3) is 7.37. The van der Waals surface area contributed by atoms with Gasteiger partial charge < -0.3 is 14.7 Å². The molecule has 0 radical (unpaired) electrons. The Morgan fingerprint density at radius 3 is 2.11 bits per heavy atom. The molecule has 3 atom stereocenters. The molecule has 0 saturated carbocycles. The van der Waals surface area contributed by atoms with Crippen LogP contribution in [0.3, 0.4) is 0 Å². The molecule has 3 unspecified atom stereocenters. The van der Waals surface area contributed by atoms with Crippen molar-refractivity contribution < 1.29 is 28.9 Å². The molecule has 2 N–H and O–H groups in total. The maximum Gasteiger partial charge on any atom is 0.307 e. The van der Waals surface area contributed by atoms with Crippen LogP contribution in [0.1, 0.15) is 30.1 Å². The van der Waals surface area contributed by atoms with E-state index in [2.05, 4.69) is 0 Å². The van der Waals surface area contributed by atoms with Crippen LogP contribution in [-0.4, -0.2) is 28.3 Å². The second-order valence-corrected chi connectivity index (χ2v) is 7.64. The van der Waals surface area contributed by atoms with E-state index in [1.54, 1.807) is 0 Å². The summed E-state index contributed by atoms with van der Waals surface area (Å²) in [5.41, 5.74) is 1.87. The molecule has 0 fully saturated rings. The van der Waals surface area contributed by atoms with Gasteiger partial charge in [0.25, 0.3) is 0 Å². The minimum absolute atomic E-state index is 0.0703. The number of carboxylic acid groups (broad SMARTS) is 2. The van der Waals surface area contributed by atoms with E-state index in [4.69, 9.17) is 9.63 Å². The van der Waals surface area contributed by atoms with Crippen LogP contribution in [-0.2, 0) is 25.1 Å². The van der Waals surface area contributed by atoms with Crippen LogP contribution in [0.15, 0.2) is 60.7 Å². The second kappa shape index (κ2) is 10.7. The highest BCUT2D eigenvalue weighted by Gasteiger charge is 2.24. The molecule has 27 heavy (non-hydrogen) atoms. The van der Waals surface area contributed by atoms with E-state index in [1.807, 2.05) is 60.7 Å². The van der Waals surface area contributed by atoms with Crippen LogP contribution in [0.5, 0.6) is 0 Å². The van der Waals surface area contributed by atoms with Gasteiger partial charge in [0.2, 0.25) is 0 Å². The van der Waals surface area contributed by atoms with Gasteiger partial charge in [-0.05, 0) is 17.5 Å². The fourth-order valence-electron chi connectivity index (χ4n) is 2.74. The van der Waals surface area contributed by atoms with Gasteiger partial charge in [-0.1, -0.05) is 60.7 Å². The molecule has 7 heteroatoms. The fourth-order valence-corrected chi connectivity index (χ4v) is 4.16. The zero-order valence-corrected chi connectivity index (χ0v) is 15.8. The molecule has 0 aromatic heterocycles. The Hall–Kier alpha value is -2.43. The predicted molar refractivity (Wildman–Crippen MR) is 102 cm³/mol. The molecule has 0 aliphatic rings. The van der Waals surface area contributed by atoms with Crippen molar-refractivity contribution in [3.8, 4) is 0 Å². The van der Waals surface area contributed by atoms with Crippen molar-refractivity contribution >= 4 is 20.0 Å². The minimum Gasteiger partial charge on any atom is -0.481 e. The fraction of sp³-hybridized carbons (Fsp3) is 0.300. The zero-order chi connectivity index (χ0) is 19.6. The van der Waals surface area contributed by atoms with Gasteiger partial charge in [-0.3, -0.25) is 14.2 Å². The summed E-state index contributed by atoms with van der Waals surface area (Å²) in [6, 6.07) is 19.0. The lowest BCUT2D eigenvalue weighted by atomic mass is 10.0. The van der Waals surface area contributed by atoms with Gasteiger partial charge in [0.15, 0.2) is 8.03 Å². The molecule has 2 rings (SSSR count). The number of aliphatic carboxylic acids is 2. The number of hydrogen-bond acceptors (Lipinski definition) is 4. The van der Waals surface area contributed by atoms with Crippen LogP contribution >= 0.6 is 8.03 Å². The average molecular weight is 390 g/mol. The first kappa shape index (κ1) is 20.9. The summed E-state index contributed by atoms with van der Waals surface area (Å²) in [5, 5.41) is 18.0. The van der Waals surface area contributed by atoms with Crippen molar-refractivity contribution in [2.45, 2.75) is 25.4 Å². The summed E-state index contributed by atoms with van der Waals surface area (Å²) >= 11 is 0. The molecule has 0 heterocycles. The Bertz CT molecular complexity index is 763. The standard InChI is InChI=1S/C20H23O6P/c21-19(22)12-11-17(20(23)24)14-27(25)26-18(16-9-5-2-6-10-16)13-15-7-3-1-4-8-15/h1-10,17-18,27H,11-14H2,(H,21,22)(H,23,24). The van der Waals surface area contributed by atoms with Crippen molar-refractivity contribution in [3.63, 3.8) is 0 Å². The van der Waals surface area contributed by atoms with E-state index in [-0.39, 0.29) is 19.0 Å². The van der Waals surface area contributed by atoms with Gasteiger partial charge in [0.05, 0.1) is 12.0 Å². The third-order valence-electron chi connectivity index (χ3n) is 4.18. The molecule has 2 aromatic carbocycles. The summed E-state index contributed by atoms with van der Waals surface area (Å²) in [6.07, 6.45) is -0.481. The number of rotatable bonds is 11. The van der Waals surface area contributed by atoms with Gasteiger partial charge >= 0.3 is 11.9 Å². The van der Waals surface area contributed by atoms with E-state index < -0.39 is 32.0 Å². The van der Waals surface area contributed by atoms with Gasteiger partial charge in [-0.2, -0.15) is 0 Å². The molecular formula is C20H23O6P. The van der Waals surface area contributed by atoms with Crippen molar-refractivity contribution in [1.29, 1.82) is 0 Å². The largest absolute Gasteiger partial charge is 0.481 e. The minimum atomic E-state index is -2.67. The lowest BCUT2D eigenvalue weighted by Gasteiger charge is -2.20. The van der Waals surface area contributed by atoms with Gasteiger partial charge in [0, 0.05) is 19.0 Å². The Morgan fingerprint density at radius 1 is 0.963 bits per heavy atom. The highest BCUT2D eigenvalue weighted by molar-refractivity contribution is 7.39. The van der Waals surface area contributed by atoms with E-state index in [9.17, 15) is 19.3 Å². The highest BCUT2D eigenvalue weighted by atomic mass is 31.1. The number of hydrogen-bond donors (Lipinski definition) is 2. The lowest BCUT2D eigenvalue weighted by Crippen LogP contribution is -2.18. The summed E-state index contributed by atoms with van der Waals surface area (Å²) in [5.74, 6) is -3.23. The molecule has 0 aliphatic carbocycles. The topological polar surface area (TPSA) is 101 Å². The molecule has 0 spiro atoms. The Labute approximate surface area is 158 Å². The van der Waals surface area contributed by atoms with E-state index in [0.717, 1.165) is 11.1 Å². The summed E-state index contributed by atoms with van der Waals surface area (Å²) < 4.78 is 18.3. The van der Waals surface area contributed by atoms with Crippen molar-refractivity contribution in [2.24, 2.45) is 5.92 Å². The molecule has 0 bridgehead atoms. The van der Waals surface area contributed by atoms with E-state index >= 15 is 0 Å². The van der Waals surface area contributed by atoms with Gasteiger partial charge in [0.1, 0.15) is 0 Å². The molecule has 144 valence electrons. The quantitative estimate of drug-likeness (QED) is 0.562. The average Bonchev–Trinajstić information content (AvgIpc) is 2.65. The molecule has 6 nitrogen and oxygen atoms in total. The smallest absolute Gasteiger partial charge is 0.307 e. The van der Waals surface area contributed by atoms with E-state index in [0.29, 0.717) is 6.42 Å². The molecule has 2 aromatic rings. The predicted octanol–water partition coefficient (Wildman–Crippen LogP) is 4.03. The van der Waals surface area contributed by atoms with Gasteiger partial charge in [-0.15, -0.1) is 0 Å². The SMILES string of the molecule is O=C(O)CCC(C[PH](=O)OC(Cc1ccccc1)c1ccccc1)C(=O)O. The summed E-state index contributed by atoms with van der Waals surface area (Å²) in [4.78, 5) is 22.0. The third-order valence-corrected chi connectivity index (χ3v) is 5.55. The monoisotopic (exact) mass is 390 g/mol. The maximum atomic E-state index is 12.5. The Kier molecular flexibility index (Phi) is 8.24. The Balaban J connectivity index is 2.08. The zero-order valence-electron chi connectivity index (χ0n) is 14.8. The van der Waals surface area contributed by atoms with Crippen molar-refractivity contribution in [1.82, 2.24) is 0 Å². The number of carbonyl (C=O) groups is 2. The maximum absolute atomic E-state index is 12.5. The van der Waals surface area contributed by atoms with Crippen LogP contribution in [0.4, 0.5) is 0 Å². The normalized spacial score (nSPS) is 14.2. The van der Waals surface area contributed by atoms with Crippen molar-refractivity contribution in [3.05, 3.63) is 71.8 Å². The summed E-state index contributed by atoms with van der Waals surface area (Å²) in [7, 11) is -2.67. The van der Waals surface area contributed by atoms with Crippen LogP contribution in [0.2, 0.25) is 0 Å². The Morgan fingerprint density at radius 2 is 1.56 bits per heavy atom. The van der Waals surface area contributed by atoms with Crippen molar-refractivity contribution in [2.75, 3.05) is 6.16 Å². The molecular weight excluding hydrogens is 367 g/mol. The lowest BCUT2D eigenvalue weighted by molar-refractivity contribution is -0.142. The van der Waals surface area contributed by atoms with Crippen LogP contribution < -0.4 is 0 Å². The molecule has 0 amide bonds. The van der Waals surface area contributed by atoms with Gasteiger partial charge in [-0.25, -0.2) is 0 Å². The number of carboxylic acids is 2. The highest BCUT2D eigenvalue weighted by Crippen LogP contribution is 2.36. The second-order valence-electron chi connectivity index (χ2n) is 6.25. The first-order valence-corrected chi connectivity index (χ1v) is 10.2. The molecule has 0 aliphatic heterocycles. The van der Waals surface area contributed by atoms with Crippen LogP contribution in [0.25, 0.3) is 0 Å². The summed E-state index contributed by atoms with van der Waals surface area (Å²) in [6.45, 7) is 0. The van der Waals surface area contributed by atoms with Crippen LogP contribution in [0, 0.1) is 5.92 Å². The molecule has 0 saturated heterocycles. The number of benzene rings is 2. The first-order valence-electron chi connectivity index (χ1n) is 8.68. The first-order chi connectivity index (χ1) is 13.0. The van der Waals surface area contributed by atoms with E-state index in [1.165, 1.54) is 0 Å².